The van der Waals surface area contributed by atoms with Crippen LogP contribution in [0.1, 0.15) is 46.4 Å². The maximum atomic E-state index is 11.8. The number of aromatic nitrogens is 2. The highest BCUT2D eigenvalue weighted by Crippen LogP contribution is 2.15. The number of nitrogens with two attached hydrogens (primary N) is 1. The molecule has 0 radical (unpaired) electrons. The number of carbonyl (C=O) groups is 1. The molecule has 0 fully saturated rings. The van der Waals surface area contributed by atoms with Gasteiger partial charge in [-0.25, -0.2) is 9.97 Å². The smallest absolute Gasteiger partial charge is 0.242 e. The quantitative estimate of drug-likeness (QED) is 0.750. The molecule has 19 heavy (non-hydrogen) atoms. The summed E-state index contributed by atoms with van der Waals surface area (Å²) in [5.74, 6) is 1.75. The average Bonchev–Trinajstić information content (AvgIpc) is 2.26. The molecule has 6 heteroatoms. The Morgan fingerprint density at radius 3 is 2.37 bits per heavy atom. The lowest BCUT2D eigenvalue weighted by molar-refractivity contribution is -0.122. The molecular weight excluding hydrogens is 242 g/mol. The predicted octanol–water partition coefficient (Wildman–Crippen LogP) is 1.51. The second kappa shape index (κ2) is 6.36. The molecular formula is C13H23N5O. The number of nitrogens with one attached hydrogen (secondary N) is 2. The molecule has 0 spiro atoms. The number of nitrogen functional groups attached to an aromatic ring is 1. The summed E-state index contributed by atoms with van der Waals surface area (Å²) in [5, 5.41) is 5.88. The first-order valence-corrected chi connectivity index (χ1v) is 6.51. The zero-order valence-electron chi connectivity index (χ0n) is 12.2. The second-order valence-electron chi connectivity index (χ2n) is 5.22. The van der Waals surface area contributed by atoms with Crippen molar-refractivity contribution in [1.29, 1.82) is 0 Å². The highest BCUT2D eigenvalue weighted by molar-refractivity contribution is 5.84. The fraction of sp³-hybridized carbons (Fsp3) is 0.615. The molecule has 1 heterocycles. The molecule has 0 aliphatic rings. The molecule has 0 saturated heterocycles. The van der Waals surface area contributed by atoms with E-state index in [1.54, 1.807) is 13.0 Å². The Labute approximate surface area is 114 Å². The molecule has 1 aromatic heterocycles. The lowest BCUT2D eigenvalue weighted by atomic mass is 10.2. The monoisotopic (exact) mass is 265 g/mol. The van der Waals surface area contributed by atoms with E-state index in [0.29, 0.717) is 17.5 Å². The molecule has 6 nitrogen and oxygen atoms in total. The van der Waals surface area contributed by atoms with E-state index in [2.05, 4.69) is 20.6 Å². The van der Waals surface area contributed by atoms with E-state index in [-0.39, 0.29) is 23.9 Å². The molecule has 1 amide bonds. The van der Waals surface area contributed by atoms with Gasteiger partial charge in [-0.2, -0.15) is 0 Å². The van der Waals surface area contributed by atoms with Gasteiger partial charge in [-0.15, -0.1) is 0 Å². The van der Waals surface area contributed by atoms with Gasteiger partial charge in [0.05, 0.1) is 0 Å². The van der Waals surface area contributed by atoms with Gasteiger partial charge >= 0.3 is 0 Å². The highest BCUT2D eigenvalue weighted by Gasteiger charge is 2.15. The number of hydrogen-bond acceptors (Lipinski definition) is 5. The molecule has 0 aliphatic carbocycles. The molecule has 1 unspecified atom stereocenters. The van der Waals surface area contributed by atoms with E-state index in [9.17, 15) is 4.79 Å². The summed E-state index contributed by atoms with van der Waals surface area (Å²) in [6.45, 7) is 9.61. The average molecular weight is 265 g/mol. The van der Waals surface area contributed by atoms with Crippen molar-refractivity contribution in [3.8, 4) is 0 Å². The topological polar surface area (TPSA) is 92.9 Å². The van der Waals surface area contributed by atoms with E-state index in [1.807, 2.05) is 27.7 Å². The van der Waals surface area contributed by atoms with Crippen LogP contribution in [0.25, 0.3) is 0 Å². The Morgan fingerprint density at radius 2 is 1.84 bits per heavy atom. The molecule has 0 saturated carbocycles. The zero-order valence-corrected chi connectivity index (χ0v) is 12.2. The fourth-order valence-corrected chi connectivity index (χ4v) is 1.51. The summed E-state index contributed by atoms with van der Waals surface area (Å²) in [7, 11) is 0. The SMILES string of the molecule is CC(C)NC(=O)C(C)Nc1cc(N)nc(C(C)C)n1. The van der Waals surface area contributed by atoms with Crippen molar-refractivity contribution in [2.24, 2.45) is 0 Å². The van der Waals surface area contributed by atoms with Crippen molar-refractivity contribution in [2.75, 3.05) is 11.1 Å². The van der Waals surface area contributed by atoms with Crippen molar-refractivity contribution in [3.05, 3.63) is 11.9 Å². The molecule has 0 aliphatic heterocycles. The fourth-order valence-electron chi connectivity index (χ4n) is 1.51. The standard InChI is InChI=1S/C13H23N5O/c1-7(2)12-17-10(14)6-11(18-12)16-9(5)13(19)15-8(3)4/h6-9H,1-5H3,(H,15,19)(H3,14,16,17,18). The first kappa shape index (κ1) is 15.2. The molecule has 1 aromatic rings. The van der Waals surface area contributed by atoms with Crippen molar-refractivity contribution in [2.45, 2.75) is 52.6 Å². The van der Waals surface area contributed by atoms with Gasteiger partial charge in [-0.3, -0.25) is 4.79 Å². The first-order valence-electron chi connectivity index (χ1n) is 6.51. The van der Waals surface area contributed by atoms with Crippen LogP contribution in [0.2, 0.25) is 0 Å². The van der Waals surface area contributed by atoms with Crippen LogP contribution in [0.4, 0.5) is 11.6 Å². The summed E-state index contributed by atoms with van der Waals surface area (Å²) in [6, 6.07) is 1.36. The highest BCUT2D eigenvalue weighted by atomic mass is 16.2. The summed E-state index contributed by atoms with van der Waals surface area (Å²) in [5.41, 5.74) is 5.74. The first-order chi connectivity index (χ1) is 8.79. The maximum absolute atomic E-state index is 11.8. The van der Waals surface area contributed by atoms with Gasteiger partial charge in [0.15, 0.2) is 0 Å². The molecule has 1 atom stereocenters. The Hall–Kier alpha value is -1.85. The Bertz CT molecular complexity index is 445. The number of anilines is 2. The van der Waals surface area contributed by atoms with E-state index in [4.69, 9.17) is 5.73 Å². The number of rotatable bonds is 5. The number of amides is 1. The lowest BCUT2D eigenvalue weighted by Crippen LogP contribution is -2.41. The minimum atomic E-state index is -0.378. The summed E-state index contributed by atoms with van der Waals surface area (Å²) < 4.78 is 0. The van der Waals surface area contributed by atoms with E-state index in [1.165, 1.54) is 0 Å². The summed E-state index contributed by atoms with van der Waals surface area (Å²) >= 11 is 0. The van der Waals surface area contributed by atoms with Gasteiger partial charge in [0.25, 0.3) is 0 Å². The summed E-state index contributed by atoms with van der Waals surface area (Å²) in [6.07, 6.45) is 0. The maximum Gasteiger partial charge on any atom is 0.242 e. The van der Waals surface area contributed by atoms with E-state index in [0.717, 1.165) is 0 Å². The summed E-state index contributed by atoms with van der Waals surface area (Å²) in [4.78, 5) is 20.3. The zero-order chi connectivity index (χ0) is 14.6. The normalized spacial score (nSPS) is 12.6. The van der Waals surface area contributed by atoms with Crippen LogP contribution in [0.3, 0.4) is 0 Å². The number of carbonyl (C=O) groups excluding carboxylic acids is 1. The van der Waals surface area contributed by atoms with Crippen molar-refractivity contribution < 1.29 is 4.79 Å². The Morgan fingerprint density at radius 1 is 1.21 bits per heavy atom. The second-order valence-corrected chi connectivity index (χ2v) is 5.22. The molecule has 4 N–H and O–H groups in total. The van der Waals surface area contributed by atoms with Crippen LogP contribution in [0, 0.1) is 0 Å². The van der Waals surface area contributed by atoms with Crippen molar-refractivity contribution in [1.82, 2.24) is 15.3 Å². The third-order valence-corrected chi connectivity index (χ3v) is 2.47. The van der Waals surface area contributed by atoms with Gasteiger partial charge < -0.3 is 16.4 Å². The van der Waals surface area contributed by atoms with Gasteiger partial charge in [0.1, 0.15) is 23.5 Å². The van der Waals surface area contributed by atoms with Gasteiger partial charge in [-0.05, 0) is 20.8 Å². The van der Waals surface area contributed by atoms with Crippen LogP contribution in [0.5, 0.6) is 0 Å². The van der Waals surface area contributed by atoms with Crippen LogP contribution < -0.4 is 16.4 Å². The minimum Gasteiger partial charge on any atom is -0.384 e. The third kappa shape index (κ3) is 4.73. The Balaban J connectivity index is 2.79. The minimum absolute atomic E-state index is 0.0710. The van der Waals surface area contributed by atoms with Crippen molar-refractivity contribution >= 4 is 17.5 Å². The van der Waals surface area contributed by atoms with Crippen LogP contribution in [-0.4, -0.2) is 28.0 Å². The van der Waals surface area contributed by atoms with E-state index >= 15 is 0 Å². The Kier molecular flexibility index (Phi) is 5.09. The van der Waals surface area contributed by atoms with Crippen LogP contribution in [-0.2, 0) is 4.79 Å². The van der Waals surface area contributed by atoms with E-state index < -0.39 is 0 Å². The number of hydrogen-bond donors (Lipinski definition) is 3. The molecule has 0 bridgehead atoms. The lowest BCUT2D eigenvalue weighted by Gasteiger charge is -2.17. The van der Waals surface area contributed by atoms with Crippen molar-refractivity contribution in [3.63, 3.8) is 0 Å². The molecule has 1 rings (SSSR count). The van der Waals surface area contributed by atoms with Crippen LogP contribution >= 0.6 is 0 Å². The van der Waals surface area contributed by atoms with Gasteiger partial charge in [0.2, 0.25) is 5.91 Å². The predicted molar refractivity (Wildman–Crippen MR) is 76.9 cm³/mol. The molecule has 0 aromatic carbocycles. The van der Waals surface area contributed by atoms with Gasteiger partial charge in [-0.1, -0.05) is 13.8 Å². The van der Waals surface area contributed by atoms with Gasteiger partial charge in [0, 0.05) is 18.0 Å². The largest absolute Gasteiger partial charge is 0.384 e. The molecule has 106 valence electrons. The third-order valence-electron chi connectivity index (χ3n) is 2.47. The van der Waals surface area contributed by atoms with Crippen LogP contribution in [0.15, 0.2) is 6.07 Å². The number of nitrogens with zero attached hydrogens (tertiary/aromatic N) is 2.